The van der Waals surface area contributed by atoms with E-state index >= 15 is 0 Å². The van der Waals surface area contributed by atoms with Crippen LogP contribution in [0.1, 0.15) is 55.8 Å². The third-order valence-electron chi connectivity index (χ3n) is 5.37. The SMILES string of the molecule is C[C@H](O)c1nccn1Cc1cc(-c2ccc(C#CC3CCC(N)CC3)cc2)on1. The highest BCUT2D eigenvalue weighted by molar-refractivity contribution is 5.59. The van der Waals surface area contributed by atoms with Crippen LogP contribution in [0.4, 0.5) is 0 Å². The summed E-state index contributed by atoms with van der Waals surface area (Å²) in [4.78, 5) is 4.18. The smallest absolute Gasteiger partial charge is 0.167 e. The Bertz CT molecular complexity index is 999. The number of nitrogens with zero attached hydrogens (tertiary/aromatic N) is 3. The van der Waals surface area contributed by atoms with E-state index in [0.717, 1.165) is 42.5 Å². The molecule has 3 N–H and O–H groups in total. The molecular weight excluding hydrogens is 364 g/mol. The van der Waals surface area contributed by atoms with E-state index in [-0.39, 0.29) is 0 Å². The zero-order valence-corrected chi connectivity index (χ0v) is 16.6. The van der Waals surface area contributed by atoms with Crippen molar-refractivity contribution >= 4 is 0 Å². The Morgan fingerprint density at radius 1 is 1.24 bits per heavy atom. The van der Waals surface area contributed by atoms with E-state index in [2.05, 4.69) is 22.0 Å². The predicted molar refractivity (Wildman–Crippen MR) is 111 cm³/mol. The van der Waals surface area contributed by atoms with E-state index in [1.165, 1.54) is 0 Å². The largest absolute Gasteiger partial charge is 0.385 e. The normalized spacial score (nSPS) is 20.1. The number of hydrogen-bond donors (Lipinski definition) is 2. The highest BCUT2D eigenvalue weighted by Crippen LogP contribution is 2.24. The van der Waals surface area contributed by atoms with Crippen molar-refractivity contribution in [1.29, 1.82) is 0 Å². The Hall–Kier alpha value is -2.88. The van der Waals surface area contributed by atoms with Gasteiger partial charge in [0.2, 0.25) is 0 Å². The average Bonchev–Trinajstić information content (AvgIpc) is 3.38. The monoisotopic (exact) mass is 390 g/mol. The predicted octanol–water partition coefficient (Wildman–Crippen LogP) is 3.51. The molecule has 0 unspecified atom stereocenters. The van der Waals surface area contributed by atoms with Gasteiger partial charge >= 0.3 is 0 Å². The molecule has 0 aliphatic heterocycles. The highest BCUT2D eigenvalue weighted by atomic mass is 16.5. The first kappa shape index (κ1) is 19.4. The third-order valence-corrected chi connectivity index (χ3v) is 5.37. The van der Waals surface area contributed by atoms with E-state index in [9.17, 15) is 5.11 Å². The van der Waals surface area contributed by atoms with Crippen molar-refractivity contribution in [2.45, 2.75) is 51.3 Å². The van der Waals surface area contributed by atoms with Crippen LogP contribution < -0.4 is 5.73 Å². The summed E-state index contributed by atoms with van der Waals surface area (Å²) in [5.41, 5.74) is 8.70. The third kappa shape index (κ3) is 4.76. The van der Waals surface area contributed by atoms with Gasteiger partial charge in [-0.15, -0.1) is 0 Å². The average molecular weight is 390 g/mol. The molecule has 0 amide bonds. The lowest BCUT2D eigenvalue weighted by atomic mass is 9.87. The maximum Gasteiger partial charge on any atom is 0.167 e. The van der Waals surface area contributed by atoms with Gasteiger partial charge in [-0.25, -0.2) is 4.98 Å². The number of rotatable bonds is 4. The van der Waals surface area contributed by atoms with Gasteiger partial charge < -0.3 is 19.9 Å². The Morgan fingerprint density at radius 2 is 2.00 bits per heavy atom. The van der Waals surface area contributed by atoms with Crippen LogP contribution in [0, 0.1) is 17.8 Å². The second kappa shape index (κ2) is 8.64. The summed E-state index contributed by atoms with van der Waals surface area (Å²) in [6, 6.07) is 10.3. The van der Waals surface area contributed by atoms with Crippen molar-refractivity contribution in [1.82, 2.24) is 14.7 Å². The van der Waals surface area contributed by atoms with Crippen LogP contribution in [0.3, 0.4) is 0 Å². The first-order valence-corrected chi connectivity index (χ1v) is 10.1. The quantitative estimate of drug-likeness (QED) is 0.666. The molecule has 2 heterocycles. The lowest BCUT2D eigenvalue weighted by Crippen LogP contribution is -2.25. The number of nitrogens with two attached hydrogens (primary N) is 1. The molecule has 6 heteroatoms. The van der Waals surface area contributed by atoms with Crippen molar-refractivity contribution in [2.75, 3.05) is 0 Å². The van der Waals surface area contributed by atoms with Crippen molar-refractivity contribution in [3.05, 3.63) is 59.8 Å². The molecule has 1 aliphatic carbocycles. The number of aliphatic hydroxyl groups excluding tert-OH is 1. The summed E-state index contributed by atoms with van der Waals surface area (Å²) in [6.45, 7) is 2.19. The fourth-order valence-corrected chi connectivity index (χ4v) is 3.69. The first-order valence-electron chi connectivity index (χ1n) is 10.1. The maximum atomic E-state index is 9.78. The number of hydrogen-bond acceptors (Lipinski definition) is 5. The van der Waals surface area contributed by atoms with Crippen LogP contribution in [-0.2, 0) is 6.54 Å². The molecule has 0 saturated heterocycles. The fraction of sp³-hybridized carbons (Fsp3) is 0.391. The summed E-state index contributed by atoms with van der Waals surface area (Å²) < 4.78 is 7.37. The molecule has 3 aromatic rings. The van der Waals surface area contributed by atoms with Crippen molar-refractivity contribution in [3.8, 4) is 23.2 Å². The van der Waals surface area contributed by atoms with Gasteiger partial charge in [-0.1, -0.05) is 17.0 Å². The van der Waals surface area contributed by atoms with E-state index in [4.69, 9.17) is 10.3 Å². The maximum absolute atomic E-state index is 9.78. The summed E-state index contributed by atoms with van der Waals surface area (Å²) in [5.74, 6) is 8.45. The van der Waals surface area contributed by atoms with Gasteiger partial charge in [0.1, 0.15) is 17.6 Å². The molecular formula is C23H26N4O2. The van der Waals surface area contributed by atoms with Gasteiger partial charge in [-0.05, 0) is 56.9 Å². The number of aliphatic hydroxyl groups is 1. The van der Waals surface area contributed by atoms with Crippen LogP contribution in [0.15, 0.2) is 47.2 Å². The molecule has 2 aromatic heterocycles. The molecule has 0 spiro atoms. The lowest BCUT2D eigenvalue weighted by molar-refractivity contribution is 0.184. The van der Waals surface area contributed by atoms with Gasteiger partial charge in [0.25, 0.3) is 0 Å². The van der Waals surface area contributed by atoms with Gasteiger partial charge in [-0.2, -0.15) is 0 Å². The highest BCUT2D eigenvalue weighted by Gasteiger charge is 2.16. The van der Waals surface area contributed by atoms with Crippen molar-refractivity contribution in [3.63, 3.8) is 0 Å². The van der Waals surface area contributed by atoms with E-state index in [1.807, 2.05) is 41.1 Å². The van der Waals surface area contributed by atoms with Crippen LogP contribution in [0.25, 0.3) is 11.3 Å². The van der Waals surface area contributed by atoms with Gasteiger partial charge in [0.15, 0.2) is 5.76 Å². The summed E-state index contributed by atoms with van der Waals surface area (Å²) in [5, 5.41) is 13.9. The van der Waals surface area contributed by atoms with Gasteiger partial charge in [0, 0.05) is 41.5 Å². The molecule has 29 heavy (non-hydrogen) atoms. The Kier molecular flexibility index (Phi) is 5.79. The summed E-state index contributed by atoms with van der Waals surface area (Å²) >= 11 is 0. The number of benzene rings is 1. The second-order valence-electron chi connectivity index (χ2n) is 7.73. The second-order valence-corrected chi connectivity index (χ2v) is 7.73. The zero-order chi connectivity index (χ0) is 20.2. The van der Waals surface area contributed by atoms with Crippen LogP contribution >= 0.6 is 0 Å². The molecule has 6 nitrogen and oxygen atoms in total. The van der Waals surface area contributed by atoms with Crippen molar-refractivity contribution in [2.24, 2.45) is 11.7 Å². The molecule has 1 aliphatic rings. The summed E-state index contributed by atoms with van der Waals surface area (Å²) in [7, 11) is 0. The molecule has 0 radical (unpaired) electrons. The number of imidazole rings is 1. The molecule has 1 fully saturated rings. The van der Waals surface area contributed by atoms with Crippen molar-refractivity contribution < 1.29 is 9.63 Å². The van der Waals surface area contributed by atoms with Gasteiger partial charge in [-0.3, -0.25) is 0 Å². The van der Waals surface area contributed by atoms with E-state index in [1.54, 1.807) is 13.1 Å². The van der Waals surface area contributed by atoms with Gasteiger partial charge in [0.05, 0.1) is 6.54 Å². The molecule has 1 atom stereocenters. The fourth-order valence-electron chi connectivity index (χ4n) is 3.69. The Balaban J connectivity index is 1.41. The van der Waals surface area contributed by atoms with E-state index < -0.39 is 6.10 Å². The molecule has 1 saturated carbocycles. The minimum atomic E-state index is -0.629. The van der Waals surface area contributed by atoms with Crippen LogP contribution in [0.2, 0.25) is 0 Å². The molecule has 150 valence electrons. The molecule has 0 bridgehead atoms. The molecule has 1 aromatic carbocycles. The Labute approximate surface area is 170 Å². The minimum absolute atomic E-state index is 0.353. The van der Waals surface area contributed by atoms with Crippen LogP contribution in [-0.4, -0.2) is 25.9 Å². The topological polar surface area (TPSA) is 90.1 Å². The number of aromatic nitrogens is 3. The standard InChI is InChI=1S/C23H26N4O2/c1-16(28)23-25-12-13-27(23)15-21-14-22(29-26-21)19-8-4-17(5-9-19)2-3-18-6-10-20(24)11-7-18/h4-5,8-9,12-14,16,18,20,28H,6-7,10-11,15,24H2,1H3/t16-,18?,20?/m0/s1. The lowest BCUT2D eigenvalue weighted by Gasteiger charge is -2.21. The first-order chi connectivity index (χ1) is 14.1. The van der Waals surface area contributed by atoms with E-state index in [0.29, 0.717) is 30.1 Å². The Morgan fingerprint density at radius 3 is 2.72 bits per heavy atom. The minimum Gasteiger partial charge on any atom is -0.385 e. The van der Waals surface area contributed by atoms with Crippen LogP contribution in [0.5, 0.6) is 0 Å². The zero-order valence-electron chi connectivity index (χ0n) is 16.6. The summed E-state index contributed by atoms with van der Waals surface area (Å²) in [6.07, 6.45) is 7.21. The molecule has 4 rings (SSSR count).